The first-order valence-corrected chi connectivity index (χ1v) is 4.45. The fourth-order valence-electron chi connectivity index (χ4n) is 1.57. The van der Waals surface area contributed by atoms with Gasteiger partial charge in [-0.25, -0.2) is 0 Å². The average molecular weight is 170 g/mol. The van der Waals surface area contributed by atoms with Crippen molar-refractivity contribution in [2.24, 2.45) is 5.92 Å². The first-order chi connectivity index (χ1) is 5.84. The maximum absolute atomic E-state index is 11.2. The van der Waals surface area contributed by atoms with Gasteiger partial charge in [-0.2, -0.15) is 0 Å². The number of carbonyl (C=O) groups excluding carboxylic acids is 2. The Hall–Kier alpha value is -0.860. The molecule has 1 aliphatic carbocycles. The third kappa shape index (κ3) is 2.64. The summed E-state index contributed by atoms with van der Waals surface area (Å²) in [4.78, 5) is 21.1. The smallest absolute Gasteiger partial charge is 0.309 e. The Labute approximate surface area is 72.1 Å². The number of aldehydes is 1. The van der Waals surface area contributed by atoms with Crippen LogP contribution < -0.4 is 0 Å². The zero-order valence-electron chi connectivity index (χ0n) is 7.12. The van der Waals surface area contributed by atoms with E-state index in [9.17, 15) is 9.59 Å². The molecule has 3 nitrogen and oxygen atoms in total. The van der Waals surface area contributed by atoms with Crippen LogP contribution in [0.15, 0.2) is 0 Å². The number of ether oxygens (including phenoxy) is 1. The van der Waals surface area contributed by atoms with Gasteiger partial charge in [0.05, 0.1) is 5.92 Å². The molecule has 0 aliphatic heterocycles. The summed E-state index contributed by atoms with van der Waals surface area (Å²) < 4.78 is 4.72. The Morgan fingerprint density at radius 2 is 2.00 bits per heavy atom. The van der Waals surface area contributed by atoms with Gasteiger partial charge in [-0.05, 0) is 12.8 Å². The van der Waals surface area contributed by atoms with Crippen molar-refractivity contribution in [2.45, 2.75) is 32.1 Å². The first kappa shape index (κ1) is 9.23. The number of hydrogen-bond donors (Lipinski definition) is 0. The molecule has 0 heterocycles. The molecule has 1 fully saturated rings. The monoisotopic (exact) mass is 170 g/mol. The van der Waals surface area contributed by atoms with Gasteiger partial charge >= 0.3 is 5.97 Å². The van der Waals surface area contributed by atoms with E-state index in [-0.39, 0.29) is 18.5 Å². The maximum Gasteiger partial charge on any atom is 0.309 e. The molecule has 1 rings (SSSR count). The fraction of sp³-hybridized carbons (Fsp3) is 0.778. The topological polar surface area (TPSA) is 43.4 Å². The van der Waals surface area contributed by atoms with E-state index >= 15 is 0 Å². The maximum atomic E-state index is 11.2. The van der Waals surface area contributed by atoms with Crippen molar-refractivity contribution >= 4 is 12.3 Å². The standard InChI is InChI=1S/C9H14O3/c10-6-7-12-9(11)8-4-2-1-3-5-8/h6,8H,1-5,7H2. The molecule has 0 radical (unpaired) electrons. The van der Waals surface area contributed by atoms with E-state index in [4.69, 9.17) is 4.74 Å². The van der Waals surface area contributed by atoms with Crippen LogP contribution in [-0.4, -0.2) is 18.9 Å². The lowest BCUT2D eigenvalue weighted by molar-refractivity contribution is -0.151. The Morgan fingerprint density at radius 3 is 2.58 bits per heavy atom. The second kappa shape index (κ2) is 4.91. The van der Waals surface area contributed by atoms with Gasteiger partial charge in [-0.15, -0.1) is 0 Å². The molecule has 0 aromatic heterocycles. The van der Waals surface area contributed by atoms with Gasteiger partial charge in [0.2, 0.25) is 0 Å². The van der Waals surface area contributed by atoms with Crippen LogP contribution in [0.25, 0.3) is 0 Å². The molecule has 0 spiro atoms. The second-order valence-corrected chi connectivity index (χ2v) is 3.13. The van der Waals surface area contributed by atoms with E-state index in [0.29, 0.717) is 6.29 Å². The molecule has 0 aromatic rings. The molecule has 0 amide bonds. The molecule has 1 saturated carbocycles. The van der Waals surface area contributed by atoms with Crippen LogP contribution in [0.4, 0.5) is 0 Å². The quantitative estimate of drug-likeness (QED) is 0.473. The van der Waals surface area contributed by atoms with Crippen molar-refractivity contribution in [2.75, 3.05) is 6.61 Å². The number of carbonyl (C=O) groups is 2. The highest BCUT2D eigenvalue weighted by molar-refractivity contribution is 5.74. The predicted octanol–water partition coefficient (Wildman–Crippen LogP) is 1.31. The van der Waals surface area contributed by atoms with Gasteiger partial charge in [-0.1, -0.05) is 19.3 Å². The molecule has 0 bridgehead atoms. The average Bonchev–Trinajstić information content (AvgIpc) is 2.15. The molecular formula is C9H14O3. The molecule has 0 saturated heterocycles. The third-order valence-electron chi connectivity index (χ3n) is 2.23. The van der Waals surface area contributed by atoms with Gasteiger partial charge < -0.3 is 4.74 Å². The molecule has 68 valence electrons. The SMILES string of the molecule is O=CCOC(=O)C1CCCCC1. The highest BCUT2D eigenvalue weighted by atomic mass is 16.5. The molecule has 0 N–H and O–H groups in total. The summed E-state index contributed by atoms with van der Waals surface area (Å²) in [5.74, 6) is -0.138. The Morgan fingerprint density at radius 1 is 1.33 bits per heavy atom. The lowest BCUT2D eigenvalue weighted by Gasteiger charge is -2.19. The number of rotatable bonds is 3. The molecule has 0 unspecified atom stereocenters. The predicted molar refractivity (Wildman–Crippen MR) is 43.6 cm³/mol. The van der Waals surface area contributed by atoms with E-state index in [0.717, 1.165) is 25.7 Å². The minimum absolute atomic E-state index is 0.0544. The summed E-state index contributed by atoms with van der Waals surface area (Å²) in [6.07, 6.45) is 5.91. The van der Waals surface area contributed by atoms with Gasteiger partial charge in [0.1, 0.15) is 6.61 Å². The summed E-state index contributed by atoms with van der Waals surface area (Å²) in [5, 5.41) is 0. The van der Waals surface area contributed by atoms with E-state index < -0.39 is 0 Å². The van der Waals surface area contributed by atoms with Crippen LogP contribution >= 0.6 is 0 Å². The van der Waals surface area contributed by atoms with Crippen molar-refractivity contribution in [3.8, 4) is 0 Å². The summed E-state index contributed by atoms with van der Waals surface area (Å²) in [5.41, 5.74) is 0. The van der Waals surface area contributed by atoms with Crippen LogP contribution in [0.2, 0.25) is 0 Å². The van der Waals surface area contributed by atoms with Crippen molar-refractivity contribution in [1.29, 1.82) is 0 Å². The summed E-state index contributed by atoms with van der Waals surface area (Å²) in [6.45, 7) is -0.0880. The van der Waals surface area contributed by atoms with Gasteiger partial charge in [0.15, 0.2) is 6.29 Å². The van der Waals surface area contributed by atoms with Crippen molar-refractivity contribution in [1.82, 2.24) is 0 Å². The lowest BCUT2D eigenvalue weighted by Crippen LogP contribution is -2.20. The van der Waals surface area contributed by atoms with Crippen molar-refractivity contribution in [3.63, 3.8) is 0 Å². The minimum atomic E-state index is -0.193. The highest BCUT2D eigenvalue weighted by Crippen LogP contribution is 2.24. The Balaban J connectivity index is 2.24. The zero-order chi connectivity index (χ0) is 8.81. The summed E-state index contributed by atoms with van der Waals surface area (Å²) in [6, 6.07) is 0. The fourth-order valence-corrected chi connectivity index (χ4v) is 1.57. The van der Waals surface area contributed by atoms with Gasteiger partial charge in [0.25, 0.3) is 0 Å². The number of hydrogen-bond acceptors (Lipinski definition) is 3. The normalized spacial score (nSPS) is 18.7. The van der Waals surface area contributed by atoms with Crippen LogP contribution in [0, 0.1) is 5.92 Å². The van der Waals surface area contributed by atoms with Crippen molar-refractivity contribution < 1.29 is 14.3 Å². The highest BCUT2D eigenvalue weighted by Gasteiger charge is 2.21. The number of esters is 1. The van der Waals surface area contributed by atoms with E-state index in [1.165, 1.54) is 6.42 Å². The molecule has 1 aliphatic rings. The molecule has 0 atom stereocenters. The van der Waals surface area contributed by atoms with Crippen LogP contribution in [-0.2, 0) is 14.3 Å². The van der Waals surface area contributed by atoms with Crippen LogP contribution in [0.3, 0.4) is 0 Å². The zero-order valence-corrected chi connectivity index (χ0v) is 7.12. The van der Waals surface area contributed by atoms with E-state index in [1.807, 2.05) is 0 Å². The molecule has 0 aromatic carbocycles. The Bertz CT molecular complexity index is 159. The molecule has 3 heteroatoms. The lowest BCUT2D eigenvalue weighted by atomic mass is 9.89. The van der Waals surface area contributed by atoms with Gasteiger partial charge in [0, 0.05) is 0 Å². The largest absolute Gasteiger partial charge is 0.458 e. The molecular weight excluding hydrogens is 156 g/mol. The van der Waals surface area contributed by atoms with Crippen LogP contribution in [0.1, 0.15) is 32.1 Å². The first-order valence-electron chi connectivity index (χ1n) is 4.45. The second-order valence-electron chi connectivity index (χ2n) is 3.13. The van der Waals surface area contributed by atoms with E-state index in [1.54, 1.807) is 0 Å². The van der Waals surface area contributed by atoms with E-state index in [2.05, 4.69) is 0 Å². The summed E-state index contributed by atoms with van der Waals surface area (Å²) in [7, 11) is 0. The third-order valence-corrected chi connectivity index (χ3v) is 2.23. The minimum Gasteiger partial charge on any atom is -0.458 e. The molecule has 12 heavy (non-hydrogen) atoms. The van der Waals surface area contributed by atoms with Crippen molar-refractivity contribution in [3.05, 3.63) is 0 Å². The van der Waals surface area contributed by atoms with Crippen LogP contribution in [0.5, 0.6) is 0 Å². The van der Waals surface area contributed by atoms with Gasteiger partial charge in [-0.3, -0.25) is 9.59 Å². The summed E-state index contributed by atoms with van der Waals surface area (Å²) >= 11 is 0. The Kier molecular flexibility index (Phi) is 3.77.